The van der Waals surface area contributed by atoms with Crippen molar-refractivity contribution in [2.45, 2.75) is 6.92 Å². The average molecular weight is 300 g/mol. The van der Waals surface area contributed by atoms with Crippen LogP contribution < -0.4 is 5.32 Å². The van der Waals surface area contributed by atoms with E-state index in [1.165, 1.54) is 22.7 Å². The third-order valence-corrected chi connectivity index (χ3v) is 4.64. The largest absolute Gasteiger partial charge is 0.297 e. The van der Waals surface area contributed by atoms with Crippen LogP contribution in [-0.4, -0.2) is 10.9 Å². The molecule has 2 heterocycles. The molecular weight excluding hydrogens is 288 g/mol. The summed E-state index contributed by atoms with van der Waals surface area (Å²) in [6.07, 6.45) is 0. The number of rotatable bonds is 3. The van der Waals surface area contributed by atoms with Gasteiger partial charge in [0.15, 0.2) is 5.13 Å². The lowest BCUT2D eigenvalue weighted by atomic mass is 10.2. The first kappa shape index (κ1) is 13.0. The molecule has 0 atom stereocenters. The monoisotopic (exact) mass is 300 g/mol. The van der Waals surface area contributed by atoms with Crippen molar-refractivity contribution in [2.24, 2.45) is 0 Å². The molecule has 0 aliphatic rings. The lowest BCUT2D eigenvalue weighted by molar-refractivity contribution is 0.103. The number of thiazole rings is 1. The summed E-state index contributed by atoms with van der Waals surface area (Å²) in [6, 6.07) is 11.9. The Balaban J connectivity index is 1.78. The van der Waals surface area contributed by atoms with Gasteiger partial charge in [0.1, 0.15) is 0 Å². The first-order valence-corrected chi connectivity index (χ1v) is 7.86. The maximum Gasteiger partial charge on any atom is 0.267 e. The number of carbonyl (C=O) groups excluding carboxylic acids is 1. The van der Waals surface area contributed by atoms with Crippen molar-refractivity contribution in [3.63, 3.8) is 0 Å². The standard InChI is InChI=1S/C15H12N2OS2/c1-10-7-8-19-13(10)14(18)17-15-16-12(9-20-15)11-5-3-2-4-6-11/h2-9H,1H3,(H,16,17,18). The van der Waals surface area contributed by atoms with E-state index in [-0.39, 0.29) is 5.91 Å². The summed E-state index contributed by atoms with van der Waals surface area (Å²) >= 11 is 2.88. The van der Waals surface area contributed by atoms with Gasteiger partial charge in [-0.1, -0.05) is 30.3 Å². The summed E-state index contributed by atoms with van der Waals surface area (Å²) in [6.45, 7) is 1.93. The van der Waals surface area contributed by atoms with Gasteiger partial charge in [-0.2, -0.15) is 0 Å². The summed E-state index contributed by atoms with van der Waals surface area (Å²) in [5.74, 6) is -0.0912. The highest BCUT2D eigenvalue weighted by Crippen LogP contribution is 2.25. The fourth-order valence-electron chi connectivity index (χ4n) is 1.83. The van der Waals surface area contributed by atoms with E-state index in [4.69, 9.17) is 0 Å². The van der Waals surface area contributed by atoms with Crippen LogP contribution in [0, 0.1) is 6.92 Å². The van der Waals surface area contributed by atoms with Crippen LogP contribution in [0.1, 0.15) is 15.2 Å². The molecule has 0 bridgehead atoms. The van der Waals surface area contributed by atoms with Gasteiger partial charge in [-0.05, 0) is 23.9 Å². The van der Waals surface area contributed by atoms with Crippen molar-refractivity contribution in [1.82, 2.24) is 4.98 Å². The highest BCUT2D eigenvalue weighted by molar-refractivity contribution is 7.14. The van der Waals surface area contributed by atoms with Crippen molar-refractivity contribution in [3.05, 3.63) is 57.6 Å². The van der Waals surface area contributed by atoms with Gasteiger partial charge >= 0.3 is 0 Å². The van der Waals surface area contributed by atoms with E-state index in [0.717, 1.165) is 21.7 Å². The third kappa shape index (κ3) is 2.64. The molecule has 2 aromatic heterocycles. The van der Waals surface area contributed by atoms with Crippen molar-refractivity contribution in [3.8, 4) is 11.3 Å². The number of aryl methyl sites for hydroxylation is 1. The van der Waals surface area contributed by atoms with Gasteiger partial charge in [0.05, 0.1) is 10.6 Å². The van der Waals surface area contributed by atoms with Crippen molar-refractivity contribution < 1.29 is 4.79 Å². The molecule has 0 saturated heterocycles. The molecule has 1 N–H and O–H groups in total. The van der Waals surface area contributed by atoms with Crippen LogP contribution >= 0.6 is 22.7 Å². The summed E-state index contributed by atoms with van der Waals surface area (Å²) < 4.78 is 0. The Kier molecular flexibility index (Phi) is 3.62. The minimum atomic E-state index is -0.0912. The Morgan fingerprint density at radius 3 is 2.65 bits per heavy atom. The molecule has 3 rings (SSSR count). The number of carbonyl (C=O) groups is 1. The van der Waals surface area contributed by atoms with Crippen LogP contribution in [0.4, 0.5) is 5.13 Å². The van der Waals surface area contributed by atoms with Gasteiger partial charge in [-0.3, -0.25) is 10.1 Å². The Labute approximate surface area is 124 Å². The SMILES string of the molecule is Cc1ccsc1C(=O)Nc1nc(-c2ccccc2)cs1. The average Bonchev–Trinajstić information content (AvgIpc) is 3.09. The van der Waals surface area contributed by atoms with Crippen LogP contribution in [0.5, 0.6) is 0 Å². The molecule has 0 spiro atoms. The number of aromatic nitrogens is 1. The normalized spacial score (nSPS) is 10.4. The van der Waals surface area contributed by atoms with Crippen molar-refractivity contribution in [1.29, 1.82) is 0 Å². The molecule has 0 saturated carbocycles. The fraction of sp³-hybridized carbons (Fsp3) is 0.0667. The smallest absolute Gasteiger partial charge is 0.267 e. The Hall–Kier alpha value is -1.98. The number of hydrogen-bond donors (Lipinski definition) is 1. The zero-order chi connectivity index (χ0) is 13.9. The molecule has 1 amide bonds. The lowest BCUT2D eigenvalue weighted by Gasteiger charge is -2.00. The van der Waals surface area contributed by atoms with Crippen LogP contribution in [0.2, 0.25) is 0 Å². The molecular formula is C15H12N2OS2. The van der Waals surface area contributed by atoms with Crippen LogP contribution in [0.3, 0.4) is 0 Å². The topological polar surface area (TPSA) is 42.0 Å². The zero-order valence-electron chi connectivity index (χ0n) is 10.8. The minimum absolute atomic E-state index is 0.0912. The minimum Gasteiger partial charge on any atom is -0.297 e. The van der Waals surface area contributed by atoms with Gasteiger partial charge in [0.2, 0.25) is 0 Å². The Bertz CT molecular complexity index is 731. The third-order valence-electron chi connectivity index (χ3n) is 2.86. The van der Waals surface area contributed by atoms with E-state index in [0.29, 0.717) is 5.13 Å². The van der Waals surface area contributed by atoms with Gasteiger partial charge < -0.3 is 0 Å². The fourth-order valence-corrected chi connectivity index (χ4v) is 3.37. The number of nitrogens with one attached hydrogen (secondary N) is 1. The molecule has 0 fully saturated rings. The highest BCUT2D eigenvalue weighted by Gasteiger charge is 2.12. The number of anilines is 1. The molecule has 5 heteroatoms. The predicted molar refractivity (Wildman–Crippen MR) is 84.6 cm³/mol. The van der Waals surface area contributed by atoms with Crippen LogP contribution in [0.15, 0.2) is 47.2 Å². The summed E-state index contributed by atoms with van der Waals surface area (Å²) in [5.41, 5.74) is 2.93. The zero-order valence-corrected chi connectivity index (χ0v) is 12.4. The maximum atomic E-state index is 12.1. The predicted octanol–water partition coefficient (Wildman–Crippen LogP) is 4.43. The number of amides is 1. The molecule has 0 radical (unpaired) electrons. The molecule has 0 unspecified atom stereocenters. The van der Waals surface area contributed by atoms with Crippen molar-refractivity contribution in [2.75, 3.05) is 5.32 Å². The van der Waals surface area contributed by atoms with E-state index >= 15 is 0 Å². The lowest BCUT2D eigenvalue weighted by Crippen LogP contribution is -2.10. The number of hydrogen-bond acceptors (Lipinski definition) is 4. The van der Waals surface area contributed by atoms with Crippen molar-refractivity contribution >= 4 is 33.7 Å². The summed E-state index contributed by atoms with van der Waals surface area (Å²) in [5, 5.41) is 7.35. The van der Waals surface area contributed by atoms with Gasteiger partial charge in [0, 0.05) is 10.9 Å². The molecule has 0 aliphatic carbocycles. The van der Waals surface area contributed by atoms with Crippen LogP contribution in [0.25, 0.3) is 11.3 Å². The summed E-state index contributed by atoms with van der Waals surface area (Å²) in [4.78, 5) is 17.3. The maximum absolute atomic E-state index is 12.1. The Morgan fingerprint density at radius 2 is 1.95 bits per heavy atom. The van der Waals surface area contributed by atoms with Crippen LogP contribution in [-0.2, 0) is 0 Å². The van der Waals surface area contributed by atoms with Gasteiger partial charge in [-0.15, -0.1) is 22.7 Å². The van der Waals surface area contributed by atoms with E-state index in [1.54, 1.807) is 0 Å². The second kappa shape index (κ2) is 5.56. The van der Waals surface area contributed by atoms with E-state index in [9.17, 15) is 4.79 Å². The number of benzene rings is 1. The van der Waals surface area contributed by atoms with E-state index < -0.39 is 0 Å². The molecule has 100 valence electrons. The first-order valence-electron chi connectivity index (χ1n) is 6.10. The summed E-state index contributed by atoms with van der Waals surface area (Å²) in [7, 11) is 0. The highest BCUT2D eigenvalue weighted by atomic mass is 32.1. The molecule has 1 aromatic carbocycles. The van der Waals surface area contributed by atoms with E-state index in [2.05, 4.69) is 10.3 Å². The number of thiophene rings is 1. The number of nitrogens with zero attached hydrogens (tertiary/aromatic N) is 1. The Morgan fingerprint density at radius 1 is 1.15 bits per heavy atom. The second-order valence-corrected chi connectivity index (χ2v) is 6.07. The second-order valence-electron chi connectivity index (χ2n) is 4.29. The molecule has 20 heavy (non-hydrogen) atoms. The molecule has 0 aliphatic heterocycles. The molecule has 3 nitrogen and oxygen atoms in total. The first-order chi connectivity index (χ1) is 9.74. The quantitative estimate of drug-likeness (QED) is 0.777. The molecule has 3 aromatic rings. The van der Waals surface area contributed by atoms with Gasteiger partial charge in [0.25, 0.3) is 5.91 Å². The van der Waals surface area contributed by atoms with Gasteiger partial charge in [-0.25, -0.2) is 4.98 Å². The van der Waals surface area contributed by atoms with E-state index in [1.807, 2.05) is 54.1 Å².